The van der Waals surface area contributed by atoms with Crippen LogP contribution in [0.5, 0.6) is 5.75 Å². The van der Waals surface area contributed by atoms with Crippen LogP contribution in [0.15, 0.2) is 30.3 Å². The van der Waals surface area contributed by atoms with Crippen molar-refractivity contribution in [1.82, 2.24) is 0 Å². The van der Waals surface area contributed by atoms with Gasteiger partial charge in [-0.2, -0.15) is 0 Å². The van der Waals surface area contributed by atoms with Gasteiger partial charge in [0.2, 0.25) is 0 Å². The lowest BCUT2D eigenvalue weighted by atomic mass is 9.82. The molecule has 2 aromatic carbocycles. The molecule has 2 unspecified atom stereocenters. The van der Waals surface area contributed by atoms with Gasteiger partial charge in [-0.3, -0.25) is 0 Å². The molecule has 2 atom stereocenters. The summed E-state index contributed by atoms with van der Waals surface area (Å²) in [5.74, 6) is 0.212. The highest BCUT2D eigenvalue weighted by Gasteiger charge is 2.32. The van der Waals surface area contributed by atoms with Crippen LogP contribution in [-0.4, -0.2) is 5.11 Å². The first kappa shape index (κ1) is 19.9. The second kappa shape index (κ2) is 7.08. The molecule has 0 bridgehead atoms. The number of aromatic hydroxyl groups is 1. The first-order valence-electron chi connectivity index (χ1n) is 8.87. The molecule has 0 amide bonds. The van der Waals surface area contributed by atoms with Crippen LogP contribution in [0.3, 0.4) is 0 Å². The SMILES string of the molecule is CCC(C)(Pc1ccc(C)cc1F)c1cc(C)cc(C(C)(C)C)c1O. The van der Waals surface area contributed by atoms with Crippen molar-refractivity contribution in [3.63, 3.8) is 0 Å². The van der Waals surface area contributed by atoms with E-state index in [-0.39, 0.29) is 25.0 Å². The molecular weight excluding hydrogens is 330 g/mol. The molecule has 1 N–H and O–H groups in total. The van der Waals surface area contributed by atoms with Crippen molar-refractivity contribution in [3.05, 3.63) is 58.4 Å². The van der Waals surface area contributed by atoms with Crippen molar-refractivity contribution >= 4 is 13.9 Å². The Morgan fingerprint density at radius 2 is 1.56 bits per heavy atom. The highest BCUT2D eigenvalue weighted by Crippen LogP contribution is 2.49. The lowest BCUT2D eigenvalue weighted by molar-refractivity contribution is 0.430. The molecule has 0 saturated carbocycles. The summed E-state index contributed by atoms with van der Waals surface area (Å²) in [7, 11) is 0.259. The molecular formula is C22H30FOP. The van der Waals surface area contributed by atoms with E-state index in [2.05, 4.69) is 53.7 Å². The average molecular weight is 360 g/mol. The van der Waals surface area contributed by atoms with Crippen molar-refractivity contribution in [2.45, 2.75) is 65.5 Å². The van der Waals surface area contributed by atoms with E-state index in [0.29, 0.717) is 5.75 Å². The van der Waals surface area contributed by atoms with Crippen molar-refractivity contribution in [3.8, 4) is 5.75 Å². The van der Waals surface area contributed by atoms with E-state index in [1.54, 1.807) is 6.07 Å². The molecule has 0 aliphatic carbocycles. The Labute approximate surface area is 153 Å². The van der Waals surface area contributed by atoms with Gasteiger partial charge in [0, 0.05) is 16.0 Å². The summed E-state index contributed by atoms with van der Waals surface area (Å²) in [6, 6.07) is 9.56. The summed E-state index contributed by atoms with van der Waals surface area (Å²) in [6.45, 7) is 14.5. The number of rotatable bonds is 4. The third kappa shape index (κ3) is 4.23. The van der Waals surface area contributed by atoms with E-state index in [9.17, 15) is 9.50 Å². The van der Waals surface area contributed by atoms with Crippen LogP contribution in [-0.2, 0) is 10.6 Å². The molecule has 0 aliphatic rings. The molecule has 0 aromatic heterocycles. The minimum atomic E-state index is -0.299. The molecule has 3 heteroatoms. The Morgan fingerprint density at radius 1 is 0.960 bits per heavy atom. The molecule has 136 valence electrons. The van der Waals surface area contributed by atoms with Gasteiger partial charge in [-0.05, 0) is 42.9 Å². The van der Waals surface area contributed by atoms with E-state index in [1.807, 2.05) is 19.1 Å². The van der Waals surface area contributed by atoms with Crippen LogP contribution < -0.4 is 5.30 Å². The Balaban J connectivity index is 2.57. The molecule has 0 aliphatic heterocycles. The lowest BCUT2D eigenvalue weighted by Gasteiger charge is -2.33. The van der Waals surface area contributed by atoms with Gasteiger partial charge >= 0.3 is 0 Å². The second-order valence-electron chi connectivity index (χ2n) is 8.25. The van der Waals surface area contributed by atoms with Crippen molar-refractivity contribution in [2.24, 2.45) is 0 Å². The van der Waals surface area contributed by atoms with Gasteiger partial charge in [-0.25, -0.2) is 4.39 Å². The van der Waals surface area contributed by atoms with E-state index in [0.717, 1.165) is 34.0 Å². The average Bonchev–Trinajstić information content (AvgIpc) is 2.51. The van der Waals surface area contributed by atoms with E-state index in [4.69, 9.17) is 0 Å². The van der Waals surface area contributed by atoms with Crippen LogP contribution in [0.1, 0.15) is 63.3 Å². The first-order valence-corrected chi connectivity index (χ1v) is 9.87. The maximum absolute atomic E-state index is 14.4. The summed E-state index contributed by atoms with van der Waals surface area (Å²) in [6.07, 6.45) is 0.833. The van der Waals surface area contributed by atoms with E-state index < -0.39 is 0 Å². The number of phenolic OH excluding ortho intramolecular Hbond substituents is 1. The summed E-state index contributed by atoms with van der Waals surface area (Å²) in [5.41, 5.74) is 3.80. The maximum atomic E-state index is 14.4. The quantitative estimate of drug-likeness (QED) is 0.656. The van der Waals surface area contributed by atoms with Gasteiger partial charge in [-0.15, -0.1) is 0 Å². The molecule has 0 spiro atoms. The van der Waals surface area contributed by atoms with Gasteiger partial charge in [0.15, 0.2) is 0 Å². The second-order valence-corrected chi connectivity index (χ2v) is 10.1. The molecule has 2 rings (SSSR count). The topological polar surface area (TPSA) is 20.2 Å². The third-order valence-electron chi connectivity index (χ3n) is 4.90. The molecule has 0 saturated heterocycles. The Kier molecular flexibility index (Phi) is 5.64. The summed E-state index contributed by atoms with van der Waals surface area (Å²) in [4.78, 5) is 0. The van der Waals surface area contributed by atoms with Crippen LogP contribution >= 0.6 is 8.58 Å². The molecule has 0 fully saturated rings. The molecule has 0 radical (unpaired) electrons. The number of benzene rings is 2. The number of aryl methyl sites for hydroxylation is 2. The fourth-order valence-corrected chi connectivity index (χ4v) is 4.59. The van der Waals surface area contributed by atoms with Crippen LogP contribution in [0.4, 0.5) is 4.39 Å². The van der Waals surface area contributed by atoms with E-state index >= 15 is 0 Å². The van der Waals surface area contributed by atoms with Gasteiger partial charge in [0.05, 0.1) is 0 Å². The fraction of sp³-hybridized carbons (Fsp3) is 0.455. The number of phenols is 1. The Morgan fingerprint density at radius 3 is 2.08 bits per heavy atom. The van der Waals surface area contributed by atoms with Crippen LogP contribution in [0.2, 0.25) is 0 Å². The van der Waals surface area contributed by atoms with Crippen molar-refractivity contribution in [2.75, 3.05) is 0 Å². The highest BCUT2D eigenvalue weighted by molar-refractivity contribution is 7.48. The Bertz CT molecular complexity index is 776. The van der Waals surface area contributed by atoms with Crippen molar-refractivity contribution in [1.29, 1.82) is 0 Å². The minimum Gasteiger partial charge on any atom is -0.507 e. The monoisotopic (exact) mass is 360 g/mol. The predicted molar refractivity (Wildman–Crippen MR) is 108 cm³/mol. The summed E-state index contributed by atoms with van der Waals surface area (Å²) >= 11 is 0. The minimum absolute atomic E-state index is 0.141. The predicted octanol–water partition coefficient (Wildman–Crippen LogP) is 6.07. The zero-order chi connectivity index (χ0) is 19.0. The van der Waals surface area contributed by atoms with Crippen LogP contribution in [0, 0.1) is 19.7 Å². The summed E-state index contributed by atoms with van der Waals surface area (Å²) < 4.78 is 14.4. The fourth-order valence-electron chi connectivity index (χ4n) is 3.14. The molecule has 2 aromatic rings. The first-order chi connectivity index (χ1) is 11.5. The largest absolute Gasteiger partial charge is 0.507 e. The van der Waals surface area contributed by atoms with Crippen molar-refractivity contribution < 1.29 is 9.50 Å². The number of hydrogen-bond acceptors (Lipinski definition) is 1. The van der Waals surface area contributed by atoms with Crippen LogP contribution in [0.25, 0.3) is 0 Å². The van der Waals surface area contributed by atoms with E-state index in [1.165, 1.54) is 0 Å². The van der Waals surface area contributed by atoms with Gasteiger partial charge < -0.3 is 5.11 Å². The standard InChI is InChI=1S/C22H30FOP/c1-8-22(7,25-19-10-9-14(2)13-18(19)23)17-12-15(3)11-16(20(17)24)21(4,5)6/h9-13,24-25H,8H2,1-7H3. The lowest BCUT2D eigenvalue weighted by Crippen LogP contribution is -2.22. The normalized spacial score (nSPS) is 14.9. The maximum Gasteiger partial charge on any atom is 0.130 e. The zero-order valence-corrected chi connectivity index (χ0v) is 17.4. The van der Waals surface area contributed by atoms with Gasteiger partial charge in [0.1, 0.15) is 11.6 Å². The highest BCUT2D eigenvalue weighted by atomic mass is 31.1. The smallest absolute Gasteiger partial charge is 0.130 e. The Hall–Kier alpha value is -1.40. The zero-order valence-electron chi connectivity index (χ0n) is 16.4. The van der Waals surface area contributed by atoms with Gasteiger partial charge in [0.25, 0.3) is 0 Å². The summed E-state index contributed by atoms with van der Waals surface area (Å²) in [5, 5.41) is 11.4. The number of hydrogen-bond donors (Lipinski definition) is 1. The number of halogens is 1. The van der Waals surface area contributed by atoms with Gasteiger partial charge in [-0.1, -0.05) is 73.0 Å². The third-order valence-corrected chi connectivity index (χ3v) is 6.75. The molecule has 0 heterocycles. The molecule has 1 nitrogen and oxygen atoms in total. The molecule has 25 heavy (non-hydrogen) atoms.